The summed E-state index contributed by atoms with van der Waals surface area (Å²) >= 11 is 5.87. The molecule has 0 fully saturated rings. The minimum atomic E-state index is -3.21. The predicted octanol–water partition coefficient (Wildman–Crippen LogP) is 5.87. The van der Waals surface area contributed by atoms with E-state index in [-0.39, 0.29) is 6.10 Å². The van der Waals surface area contributed by atoms with Crippen LogP contribution in [0.5, 0.6) is 0 Å². The van der Waals surface area contributed by atoms with E-state index in [1.807, 2.05) is 84.9 Å². The first-order valence-corrected chi connectivity index (χ1v) is 11.8. The average molecular weight is 527 g/mol. The first kappa shape index (κ1) is 18.8. The van der Waals surface area contributed by atoms with Crippen molar-refractivity contribution in [2.45, 2.75) is 6.10 Å². The minimum Gasteiger partial charge on any atom is -0.313 e. The fourth-order valence-corrected chi connectivity index (χ4v) is 6.30. The summed E-state index contributed by atoms with van der Waals surface area (Å²) in [7, 11) is -3.21. The van der Waals surface area contributed by atoms with E-state index in [2.05, 4.69) is 38.5 Å². The van der Waals surface area contributed by atoms with E-state index in [0.717, 1.165) is 10.0 Å². The van der Waals surface area contributed by atoms with E-state index < -0.39 is 7.37 Å². The summed E-state index contributed by atoms with van der Waals surface area (Å²) in [5.74, 6) is 0. The highest BCUT2D eigenvalue weighted by molar-refractivity contribution is 14.1. The van der Waals surface area contributed by atoms with E-state index in [1.165, 1.54) is 0 Å². The smallest absolute Gasteiger partial charge is 0.261 e. The summed E-state index contributed by atoms with van der Waals surface area (Å²) in [5, 5.41) is 1.42. The second-order valence-corrected chi connectivity index (χ2v) is 9.57. The van der Waals surface area contributed by atoms with Crippen molar-refractivity contribution in [1.82, 2.24) is 0 Å². The lowest BCUT2D eigenvalue weighted by molar-refractivity contribution is 0.245. The maximum absolute atomic E-state index is 14.0. The van der Waals surface area contributed by atoms with Crippen molar-refractivity contribution in [3.63, 3.8) is 0 Å². The van der Waals surface area contributed by atoms with Crippen molar-refractivity contribution in [2.24, 2.45) is 0 Å². The second kappa shape index (κ2) is 8.63. The molecule has 1 atom stereocenters. The molecule has 0 aliphatic carbocycles. The van der Waals surface area contributed by atoms with Crippen LogP contribution in [-0.4, -0.2) is 4.43 Å². The summed E-state index contributed by atoms with van der Waals surface area (Å²) in [5.41, 5.74) is 1.00. The Morgan fingerprint density at radius 3 is 1.80 bits per heavy atom. The monoisotopic (exact) mass is 526 g/mol. The van der Waals surface area contributed by atoms with Gasteiger partial charge in [-0.25, -0.2) is 0 Å². The third-order valence-electron chi connectivity index (χ3n) is 3.86. The average Bonchev–Trinajstić information content (AvgIpc) is 2.68. The fourth-order valence-electron chi connectivity index (χ4n) is 2.60. The quantitative estimate of drug-likeness (QED) is 0.228. The van der Waals surface area contributed by atoms with Gasteiger partial charge in [-0.05, 0) is 35.9 Å². The Hall–Kier alpha value is -0.940. The standard InChI is InChI=1S/C20H17BrIO2P/c21-19-14-8-7-13-18(19)20(15-22)24-25(23,16-9-3-1-4-10-16)17-11-5-2-6-12-17/h1-14,20H,15H2. The highest BCUT2D eigenvalue weighted by Crippen LogP contribution is 2.50. The van der Waals surface area contributed by atoms with E-state index in [1.54, 1.807) is 0 Å². The lowest BCUT2D eigenvalue weighted by Crippen LogP contribution is -2.20. The number of halogens is 2. The van der Waals surface area contributed by atoms with Gasteiger partial charge >= 0.3 is 0 Å². The second-order valence-electron chi connectivity index (χ2n) is 5.49. The third kappa shape index (κ3) is 4.25. The van der Waals surface area contributed by atoms with Gasteiger partial charge in [0.2, 0.25) is 0 Å². The van der Waals surface area contributed by atoms with Gasteiger partial charge in [0.25, 0.3) is 7.37 Å². The van der Waals surface area contributed by atoms with Gasteiger partial charge in [-0.3, -0.25) is 4.57 Å². The van der Waals surface area contributed by atoms with Crippen molar-refractivity contribution in [2.75, 3.05) is 4.43 Å². The molecule has 3 rings (SSSR count). The molecule has 3 aromatic carbocycles. The van der Waals surface area contributed by atoms with Crippen molar-refractivity contribution in [3.8, 4) is 0 Å². The van der Waals surface area contributed by atoms with Crippen LogP contribution < -0.4 is 10.6 Å². The highest BCUT2D eigenvalue weighted by Gasteiger charge is 2.32. The molecule has 0 radical (unpaired) electrons. The summed E-state index contributed by atoms with van der Waals surface area (Å²) in [6.45, 7) is 0. The molecule has 0 bridgehead atoms. The Morgan fingerprint density at radius 2 is 1.32 bits per heavy atom. The number of alkyl halides is 1. The first-order valence-electron chi connectivity index (χ1n) is 7.85. The minimum absolute atomic E-state index is 0.276. The summed E-state index contributed by atoms with van der Waals surface area (Å²) < 4.78 is 22.0. The molecule has 5 heteroatoms. The van der Waals surface area contributed by atoms with Gasteiger partial charge in [-0.1, -0.05) is 93.1 Å². The van der Waals surface area contributed by atoms with Crippen LogP contribution in [0.25, 0.3) is 0 Å². The first-order chi connectivity index (χ1) is 12.1. The molecule has 3 aromatic rings. The number of hydrogen-bond acceptors (Lipinski definition) is 2. The van der Waals surface area contributed by atoms with Crippen molar-refractivity contribution in [3.05, 3.63) is 95.0 Å². The maximum Gasteiger partial charge on any atom is 0.261 e. The molecule has 0 amide bonds. The lowest BCUT2D eigenvalue weighted by atomic mass is 10.1. The molecule has 1 unspecified atom stereocenters. The van der Waals surface area contributed by atoms with Crippen LogP contribution in [0.2, 0.25) is 0 Å². The molecule has 0 heterocycles. The van der Waals surface area contributed by atoms with Crippen LogP contribution in [0.4, 0.5) is 0 Å². The molecule has 0 saturated heterocycles. The number of hydrogen-bond donors (Lipinski definition) is 0. The zero-order valence-corrected chi connectivity index (χ0v) is 18.0. The van der Waals surface area contributed by atoms with Gasteiger partial charge in [0.15, 0.2) is 0 Å². The summed E-state index contributed by atoms with van der Waals surface area (Å²) in [6, 6.07) is 26.8. The van der Waals surface area contributed by atoms with Crippen molar-refractivity contribution < 1.29 is 9.09 Å². The molecule has 2 nitrogen and oxygen atoms in total. The zero-order valence-electron chi connectivity index (χ0n) is 13.4. The normalized spacial score (nSPS) is 12.7. The molecule has 0 spiro atoms. The van der Waals surface area contributed by atoms with Crippen LogP contribution in [0, 0.1) is 0 Å². The third-order valence-corrected chi connectivity index (χ3v) is 7.89. The zero-order chi connectivity index (χ0) is 17.7. The highest BCUT2D eigenvalue weighted by atomic mass is 127. The Balaban J connectivity index is 2.07. The maximum atomic E-state index is 14.0. The molecular weight excluding hydrogens is 510 g/mol. The Kier molecular flexibility index (Phi) is 6.50. The van der Waals surface area contributed by atoms with E-state index in [9.17, 15) is 4.57 Å². The largest absolute Gasteiger partial charge is 0.313 e. The molecule has 0 saturated carbocycles. The van der Waals surface area contributed by atoms with Gasteiger partial charge in [0.1, 0.15) is 6.10 Å². The van der Waals surface area contributed by atoms with Gasteiger partial charge in [-0.2, -0.15) is 0 Å². The Labute approximate surface area is 170 Å². The van der Waals surface area contributed by atoms with Gasteiger partial charge < -0.3 is 4.52 Å². The Bertz CT molecular complexity index is 828. The van der Waals surface area contributed by atoms with Crippen LogP contribution in [-0.2, 0) is 9.09 Å². The molecule has 0 aromatic heterocycles. The van der Waals surface area contributed by atoms with Crippen molar-refractivity contribution in [1.29, 1.82) is 0 Å². The number of rotatable bonds is 6. The van der Waals surface area contributed by atoms with E-state index in [0.29, 0.717) is 15.0 Å². The molecule has 0 N–H and O–H groups in total. The molecule has 0 aliphatic rings. The van der Waals surface area contributed by atoms with Gasteiger partial charge in [0, 0.05) is 19.5 Å². The topological polar surface area (TPSA) is 26.3 Å². The predicted molar refractivity (Wildman–Crippen MR) is 117 cm³/mol. The molecular formula is C20H17BrIO2P. The molecule has 128 valence electrons. The van der Waals surface area contributed by atoms with Crippen LogP contribution in [0.1, 0.15) is 11.7 Å². The Morgan fingerprint density at radius 1 is 0.840 bits per heavy atom. The summed E-state index contributed by atoms with van der Waals surface area (Å²) in [4.78, 5) is 0. The van der Waals surface area contributed by atoms with Gasteiger partial charge in [-0.15, -0.1) is 0 Å². The van der Waals surface area contributed by atoms with Crippen LogP contribution in [0.15, 0.2) is 89.4 Å². The van der Waals surface area contributed by atoms with E-state index in [4.69, 9.17) is 4.52 Å². The SMILES string of the molecule is O=P(OC(CI)c1ccccc1Br)(c1ccccc1)c1ccccc1. The van der Waals surface area contributed by atoms with Crippen LogP contribution in [0.3, 0.4) is 0 Å². The van der Waals surface area contributed by atoms with Gasteiger partial charge in [0.05, 0.1) is 0 Å². The fraction of sp³-hybridized carbons (Fsp3) is 0.100. The van der Waals surface area contributed by atoms with Crippen molar-refractivity contribution >= 4 is 56.5 Å². The summed E-state index contributed by atoms with van der Waals surface area (Å²) in [6.07, 6.45) is -0.276. The van der Waals surface area contributed by atoms with E-state index >= 15 is 0 Å². The molecule has 0 aliphatic heterocycles. The van der Waals surface area contributed by atoms with Crippen LogP contribution >= 0.6 is 45.9 Å². The molecule has 25 heavy (non-hydrogen) atoms. The number of benzene rings is 3. The lowest BCUT2D eigenvalue weighted by Gasteiger charge is -2.25.